The molecule has 0 aliphatic carbocycles. The molecule has 0 N–H and O–H groups in total. The molecule has 18 heavy (non-hydrogen) atoms. The standard InChI is InChI=1S/C14H8ClNO2/c15-14-6-9-1-2-10(5-11(9)7-16-14)13-4-3-12(8-17)18-13/h1-8H. The molecule has 0 atom stereocenters. The third-order valence-electron chi connectivity index (χ3n) is 2.72. The number of hydrogen-bond donors (Lipinski definition) is 0. The second-order valence-corrected chi connectivity index (χ2v) is 4.28. The molecule has 0 unspecified atom stereocenters. The van der Waals surface area contributed by atoms with E-state index < -0.39 is 0 Å². The highest BCUT2D eigenvalue weighted by molar-refractivity contribution is 6.30. The molecule has 3 aromatic rings. The lowest BCUT2D eigenvalue weighted by Gasteiger charge is -2.01. The molecule has 0 aliphatic heterocycles. The third-order valence-corrected chi connectivity index (χ3v) is 2.92. The monoisotopic (exact) mass is 257 g/mol. The van der Waals surface area contributed by atoms with E-state index in [4.69, 9.17) is 16.0 Å². The van der Waals surface area contributed by atoms with Gasteiger partial charge in [0.2, 0.25) is 0 Å². The Labute approximate surface area is 108 Å². The molecule has 3 rings (SSSR count). The van der Waals surface area contributed by atoms with Crippen LogP contribution < -0.4 is 0 Å². The van der Waals surface area contributed by atoms with Gasteiger partial charge in [-0.05, 0) is 29.7 Å². The van der Waals surface area contributed by atoms with E-state index in [1.807, 2.05) is 18.2 Å². The highest BCUT2D eigenvalue weighted by atomic mass is 35.5. The van der Waals surface area contributed by atoms with Crippen LogP contribution in [0.5, 0.6) is 0 Å². The number of nitrogens with zero attached hydrogens (tertiary/aromatic N) is 1. The topological polar surface area (TPSA) is 43.1 Å². The molecule has 0 amide bonds. The SMILES string of the molecule is O=Cc1ccc(-c2ccc3cc(Cl)ncc3c2)o1. The van der Waals surface area contributed by atoms with Gasteiger partial charge in [-0.1, -0.05) is 23.7 Å². The number of halogens is 1. The van der Waals surface area contributed by atoms with Gasteiger partial charge in [-0.15, -0.1) is 0 Å². The van der Waals surface area contributed by atoms with Gasteiger partial charge in [-0.25, -0.2) is 4.98 Å². The Kier molecular flexibility index (Phi) is 2.61. The minimum absolute atomic E-state index is 0.319. The van der Waals surface area contributed by atoms with Crippen LogP contribution >= 0.6 is 11.6 Å². The van der Waals surface area contributed by atoms with Crippen LogP contribution in [0.2, 0.25) is 5.15 Å². The van der Waals surface area contributed by atoms with Crippen molar-refractivity contribution in [2.75, 3.05) is 0 Å². The number of fused-ring (bicyclic) bond motifs is 1. The Hall–Kier alpha value is -2.13. The van der Waals surface area contributed by atoms with Crippen LogP contribution in [0.25, 0.3) is 22.1 Å². The van der Waals surface area contributed by atoms with Crippen molar-refractivity contribution in [3.05, 3.63) is 53.5 Å². The molecule has 0 saturated carbocycles. The summed E-state index contributed by atoms with van der Waals surface area (Å²) in [6, 6.07) is 11.0. The Morgan fingerprint density at radius 2 is 2.00 bits per heavy atom. The molecule has 2 aromatic heterocycles. The van der Waals surface area contributed by atoms with Gasteiger partial charge in [-0.3, -0.25) is 4.79 Å². The van der Waals surface area contributed by atoms with Gasteiger partial charge in [0.1, 0.15) is 10.9 Å². The molecule has 3 nitrogen and oxygen atoms in total. The summed E-state index contributed by atoms with van der Waals surface area (Å²) in [5.74, 6) is 0.980. The number of furan rings is 1. The lowest BCUT2D eigenvalue weighted by Crippen LogP contribution is -1.80. The average molecular weight is 258 g/mol. The summed E-state index contributed by atoms with van der Waals surface area (Å²) in [5, 5.41) is 2.46. The fourth-order valence-electron chi connectivity index (χ4n) is 1.84. The fourth-order valence-corrected chi connectivity index (χ4v) is 2.01. The van der Waals surface area contributed by atoms with Crippen molar-refractivity contribution < 1.29 is 9.21 Å². The van der Waals surface area contributed by atoms with Gasteiger partial charge >= 0.3 is 0 Å². The maximum Gasteiger partial charge on any atom is 0.185 e. The molecule has 2 heterocycles. The maximum atomic E-state index is 10.6. The quantitative estimate of drug-likeness (QED) is 0.515. The average Bonchev–Trinajstić information content (AvgIpc) is 2.87. The number of carbonyl (C=O) groups excluding carboxylic acids is 1. The molecule has 1 aromatic carbocycles. The molecule has 0 bridgehead atoms. The minimum Gasteiger partial charge on any atom is -0.453 e. The number of aldehydes is 1. The van der Waals surface area contributed by atoms with Crippen molar-refractivity contribution in [3.63, 3.8) is 0 Å². The smallest absolute Gasteiger partial charge is 0.185 e. The van der Waals surface area contributed by atoms with E-state index in [1.54, 1.807) is 24.4 Å². The van der Waals surface area contributed by atoms with Gasteiger partial charge in [0, 0.05) is 17.1 Å². The number of benzene rings is 1. The summed E-state index contributed by atoms with van der Waals surface area (Å²) in [5.41, 5.74) is 0.903. The summed E-state index contributed by atoms with van der Waals surface area (Å²) in [4.78, 5) is 14.6. The highest BCUT2D eigenvalue weighted by Gasteiger charge is 2.05. The van der Waals surface area contributed by atoms with E-state index in [0.29, 0.717) is 23.0 Å². The molecule has 0 spiro atoms. The summed E-state index contributed by atoms with van der Waals surface area (Å²) in [6.07, 6.45) is 2.40. The molecule has 0 aliphatic rings. The van der Waals surface area contributed by atoms with E-state index in [1.165, 1.54) is 0 Å². The van der Waals surface area contributed by atoms with Gasteiger partial charge in [0.15, 0.2) is 12.0 Å². The number of rotatable bonds is 2. The first kappa shape index (κ1) is 11.0. The number of carbonyl (C=O) groups is 1. The van der Waals surface area contributed by atoms with E-state index in [0.717, 1.165) is 16.3 Å². The maximum absolute atomic E-state index is 10.6. The normalized spacial score (nSPS) is 10.7. The second kappa shape index (κ2) is 4.27. The van der Waals surface area contributed by atoms with E-state index in [9.17, 15) is 4.79 Å². The van der Waals surface area contributed by atoms with E-state index in [-0.39, 0.29) is 0 Å². The van der Waals surface area contributed by atoms with Crippen molar-refractivity contribution in [3.8, 4) is 11.3 Å². The van der Waals surface area contributed by atoms with Crippen molar-refractivity contribution in [2.24, 2.45) is 0 Å². The molecule has 0 fully saturated rings. The van der Waals surface area contributed by atoms with Gasteiger partial charge < -0.3 is 4.42 Å². The van der Waals surface area contributed by atoms with Crippen LogP contribution in [-0.2, 0) is 0 Å². The molecular formula is C14H8ClNO2. The van der Waals surface area contributed by atoms with Gasteiger partial charge in [0.25, 0.3) is 0 Å². The van der Waals surface area contributed by atoms with Gasteiger partial charge in [-0.2, -0.15) is 0 Å². The van der Waals surface area contributed by atoms with Crippen molar-refractivity contribution in [2.45, 2.75) is 0 Å². The highest BCUT2D eigenvalue weighted by Crippen LogP contribution is 2.26. The zero-order chi connectivity index (χ0) is 12.5. The first-order chi connectivity index (χ1) is 8.76. The zero-order valence-electron chi connectivity index (χ0n) is 9.26. The second-order valence-electron chi connectivity index (χ2n) is 3.89. The van der Waals surface area contributed by atoms with Crippen molar-refractivity contribution >= 4 is 28.7 Å². The van der Waals surface area contributed by atoms with Crippen LogP contribution in [0.4, 0.5) is 0 Å². The molecule has 0 saturated heterocycles. The largest absolute Gasteiger partial charge is 0.453 e. The summed E-state index contributed by atoms with van der Waals surface area (Å²) in [6.45, 7) is 0. The lowest BCUT2D eigenvalue weighted by atomic mass is 10.1. The number of pyridine rings is 1. The van der Waals surface area contributed by atoms with Crippen LogP contribution in [0.3, 0.4) is 0 Å². The van der Waals surface area contributed by atoms with Gasteiger partial charge in [0.05, 0.1) is 0 Å². The lowest BCUT2D eigenvalue weighted by molar-refractivity contribution is 0.110. The number of aromatic nitrogens is 1. The first-order valence-electron chi connectivity index (χ1n) is 5.37. The van der Waals surface area contributed by atoms with Crippen LogP contribution in [0.1, 0.15) is 10.6 Å². The Bertz CT molecular complexity index is 733. The number of hydrogen-bond acceptors (Lipinski definition) is 3. The van der Waals surface area contributed by atoms with Crippen molar-refractivity contribution in [1.29, 1.82) is 0 Å². The molecule has 88 valence electrons. The summed E-state index contributed by atoms with van der Waals surface area (Å²) >= 11 is 5.83. The predicted molar refractivity (Wildman–Crippen MR) is 69.8 cm³/mol. The first-order valence-corrected chi connectivity index (χ1v) is 5.75. The van der Waals surface area contributed by atoms with Crippen LogP contribution in [0.15, 0.2) is 47.0 Å². The van der Waals surface area contributed by atoms with Crippen LogP contribution in [0, 0.1) is 0 Å². The Morgan fingerprint density at radius 1 is 1.11 bits per heavy atom. The molecule has 4 heteroatoms. The predicted octanol–water partition coefficient (Wildman–Crippen LogP) is 3.96. The third kappa shape index (κ3) is 1.89. The fraction of sp³-hybridized carbons (Fsp3) is 0. The zero-order valence-corrected chi connectivity index (χ0v) is 10.0. The van der Waals surface area contributed by atoms with Crippen LogP contribution in [-0.4, -0.2) is 11.3 Å². The summed E-state index contributed by atoms with van der Waals surface area (Å²) < 4.78 is 5.38. The summed E-state index contributed by atoms with van der Waals surface area (Å²) in [7, 11) is 0. The Balaban J connectivity index is 2.12. The minimum atomic E-state index is 0.319. The van der Waals surface area contributed by atoms with E-state index in [2.05, 4.69) is 4.98 Å². The Morgan fingerprint density at radius 3 is 2.78 bits per heavy atom. The van der Waals surface area contributed by atoms with E-state index >= 15 is 0 Å². The van der Waals surface area contributed by atoms with Crippen molar-refractivity contribution in [1.82, 2.24) is 4.98 Å². The molecule has 0 radical (unpaired) electrons. The molecular weight excluding hydrogens is 250 g/mol.